The lowest BCUT2D eigenvalue weighted by atomic mass is 10.1. The molecule has 0 radical (unpaired) electrons. The summed E-state index contributed by atoms with van der Waals surface area (Å²) >= 11 is 0. The van der Waals surface area contributed by atoms with Gasteiger partial charge in [-0.25, -0.2) is 8.42 Å². The normalized spacial score (nSPS) is 13.5. The number of sulfonamides is 1. The minimum Gasteiger partial charge on any atom is -0.497 e. The molecule has 4 rings (SSSR count). The van der Waals surface area contributed by atoms with Gasteiger partial charge < -0.3 is 24.4 Å². The number of piperidine rings is 1. The number of rotatable bonds is 9. The van der Waals surface area contributed by atoms with Gasteiger partial charge in [-0.2, -0.15) is 0 Å². The molecule has 0 unspecified atom stereocenters. The summed E-state index contributed by atoms with van der Waals surface area (Å²) in [5.74, 6) is 1.14. The molecule has 37 heavy (non-hydrogen) atoms. The highest BCUT2D eigenvalue weighted by atomic mass is 32.2. The Morgan fingerprint density at radius 3 is 2.11 bits per heavy atom. The molecule has 3 aromatic carbocycles. The lowest BCUT2D eigenvalue weighted by molar-refractivity contribution is 0.102. The van der Waals surface area contributed by atoms with Gasteiger partial charge in [0, 0.05) is 30.0 Å². The molecule has 0 saturated carbocycles. The molecule has 0 aromatic heterocycles. The Kier molecular flexibility index (Phi) is 8.08. The summed E-state index contributed by atoms with van der Waals surface area (Å²) in [6, 6.07) is 16.4. The van der Waals surface area contributed by atoms with Crippen molar-refractivity contribution in [1.29, 1.82) is 0 Å². The van der Waals surface area contributed by atoms with Crippen molar-refractivity contribution in [2.45, 2.75) is 24.2 Å². The van der Waals surface area contributed by atoms with Gasteiger partial charge in [0.1, 0.15) is 10.6 Å². The third-order valence-corrected chi connectivity index (χ3v) is 7.60. The van der Waals surface area contributed by atoms with Crippen molar-refractivity contribution in [2.75, 3.05) is 49.4 Å². The van der Waals surface area contributed by atoms with Gasteiger partial charge in [0.25, 0.3) is 15.9 Å². The first-order chi connectivity index (χ1) is 17.8. The highest BCUT2D eigenvalue weighted by Gasteiger charge is 2.25. The first-order valence-corrected chi connectivity index (χ1v) is 13.4. The second-order valence-electron chi connectivity index (χ2n) is 8.59. The summed E-state index contributed by atoms with van der Waals surface area (Å²) in [5.41, 5.74) is 1.71. The monoisotopic (exact) mass is 525 g/mol. The second kappa shape index (κ2) is 11.4. The van der Waals surface area contributed by atoms with Crippen LogP contribution in [0.3, 0.4) is 0 Å². The molecule has 1 aliphatic heterocycles. The quantitative estimate of drug-likeness (QED) is 0.415. The Balaban J connectivity index is 1.66. The number of methoxy groups -OCH3 is 3. The van der Waals surface area contributed by atoms with Crippen LogP contribution in [0.1, 0.15) is 29.6 Å². The van der Waals surface area contributed by atoms with Crippen LogP contribution >= 0.6 is 0 Å². The zero-order chi connectivity index (χ0) is 26.4. The fourth-order valence-corrected chi connectivity index (χ4v) is 5.56. The fourth-order valence-electron chi connectivity index (χ4n) is 4.25. The SMILES string of the molecule is COc1ccc(NS(=O)(=O)c2cc(NC(=O)c3ccc(OC)c(OC)c3)ccc2N2CCCCC2)cc1. The molecule has 196 valence electrons. The zero-order valence-electron chi connectivity index (χ0n) is 21.1. The van der Waals surface area contributed by atoms with Crippen molar-refractivity contribution in [1.82, 2.24) is 0 Å². The van der Waals surface area contributed by atoms with Crippen molar-refractivity contribution in [3.63, 3.8) is 0 Å². The summed E-state index contributed by atoms with van der Waals surface area (Å²) in [7, 11) is 0.581. The van der Waals surface area contributed by atoms with Crippen LogP contribution in [0.2, 0.25) is 0 Å². The van der Waals surface area contributed by atoms with Crippen molar-refractivity contribution in [3.05, 3.63) is 66.2 Å². The van der Waals surface area contributed by atoms with Crippen molar-refractivity contribution in [2.24, 2.45) is 0 Å². The second-order valence-corrected chi connectivity index (χ2v) is 10.2. The Bertz CT molecular complexity index is 1350. The van der Waals surface area contributed by atoms with E-state index in [9.17, 15) is 13.2 Å². The largest absolute Gasteiger partial charge is 0.497 e. The standard InChI is InChI=1S/C27H31N3O6S/c1-34-22-11-8-20(9-12-22)29-37(32,33)26-18-21(10-13-23(26)30-15-5-4-6-16-30)28-27(31)19-7-14-24(35-2)25(17-19)36-3/h7-14,17-18,29H,4-6,15-16H2,1-3H3,(H,28,31). The average Bonchev–Trinajstić information content (AvgIpc) is 2.93. The van der Waals surface area contributed by atoms with Crippen LogP contribution < -0.4 is 29.1 Å². The number of hydrogen-bond acceptors (Lipinski definition) is 7. The van der Waals surface area contributed by atoms with Gasteiger partial charge in [-0.15, -0.1) is 0 Å². The zero-order valence-corrected chi connectivity index (χ0v) is 21.9. The molecule has 1 aliphatic rings. The minimum atomic E-state index is -3.98. The number of anilines is 3. The Hall–Kier alpha value is -3.92. The van der Waals surface area contributed by atoms with Crippen LogP contribution in [0.4, 0.5) is 17.1 Å². The maximum absolute atomic E-state index is 13.6. The highest BCUT2D eigenvalue weighted by Crippen LogP contribution is 2.33. The molecule has 0 spiro atoms. The van der Waals surface area contributed by atoms with Crippen molar-refractivity contribution in [3.8, 4) is 17.2 Å². The van der Waals surface area contributed by atoms with E-state index in [1.807, 2.05) is 0 Å². The van der Waals surface area contributed by atoms with Crippen LogP contribution in [-0.4, -0.2) is 48.7 Å². The maximum atomic E-state index is 13.6. The summed E-state index contributed by atoms with van der Waals surface area (Å²) in [5, 5.41) is 2.81. The predicted octanol–water partition coefficient (Wildman–Crippen LogP) is 4.76. The first-order valence-electron chi connectivity index (χ1n) is 11.9. The third kappa shape index (κ3) is 6.08. The van der Waals surface area contributed by atoms with Gasteiger partial charge >= 0.3 is 0 Å². The number of ether oxygens (including phenoxy) is 3. The van der Waals surface area contributed by atoms with Gasteiger partial charge in [-0.3, -0.25) is 9.52 Å². The van der Waals surface area contributed by atoms with Crippen LogP contribution in [0.15, 0.2) is 65.6 Å². The Labute approximate surface area is 217 Å². The molecule has 10 heteroatoms. The van der Waals surface area contributed by atoms with Crippen LogP contribution in [0.5, 0.6) is 17.2 Å². The number of carbonyl (C=O) groups excluding carboxylic acids is 1. The molecule has 0 aliphatic carbocycles. The fraction of sp³-hybridized carbons (Fsp3) is 0.296. The van der Waals surface area contributed by atoms with Crippen LogP contribution in [-0.2, 0) is 10.0 Å². The van der Waals surface area contributed by atoms with E-state index in [4.69, 9.17) is 14.2 Å². The average molecular weight is 526 g/mol. The lowest BCUT2D eigenvalue weighted by Crippen LogP contribution is -2.31. The maximum Gasteiger partial charge on any atom is 0.264 e. The molecule has 3 aromatic rings. The number of amides is 1. The summed E-state index contributed by atoms with van der Waals surface area (Å²) < 4.78 is 45.5. The molecule has 0 bridgehead atoms. The number of nitrogens with one attached hydrogen (secondary N) is 2. The topological polar surface area (TPSA) is 106 Å². The molecule has 0 atom stereocenters. The van der Waals surface area contributed by atoms with Crippen LogP contribution in [0, 0.1) is 0 Å². The van der Waals surface area contributed by atoms with Gasteiger partial charge in [-0.05, 0) is 79.9 Å². The molecular formula is C27H31N3O6S. The number of carbonyl (C=O) groups is 1. The summed E-state index contributed by atoms with van der Waals surface area (Å²) in [6.07, 6.45) is 3.09. The smallest absolute Gasteiger partial charge is 0.264 e. The van der Waals surface area contributed by atoms with Gasteiger partial charge in [0.2, 0.25) is 0 Å². The van der Waals surface area contributed by atoms with E-state index in [1.54, 1.807) is 61.7 Å². The molecule has 1 saturated heterocycles. The predicted molar refractivity (Wildman–Crippen MR) is 144 cm³/mol. The molecular weight excluding hydrogens is 494 g/mol. The molecule has 2 N–H and O–H groups in total. The summed E-state index contributed by atoms with van der Waals surface area (Å²) in [6.45, 7) is 1.53. The molecule has 1 heterocycles. The first kappa shape index (κ1) is 26.2. The number of benzene rings is 3. The van der Waals surface area contributed by atoms with Gasteiger partial charge in [0.05, 0.1) is 27.0 Å². The van der Waals surface area contributed by atoms with E-state index < -0.39 is 15.9 Å². The van der Waals surface area contributed by atoms with Crippen LogP contribution in [0.25, 0.3) is 0 Å². The molecule has 1 fully saturated rings. The van der Waals surface area contributed by atoms with E-state index >= 15 is 0 Å². The Morgan fingerprint density at radius 2 is 1.46 bits per heavy atom. The van der Waals surface area contributed by atoms with E-state index in [0.717, 1.165) is 32.4 Å². The summed E-state index contributed by atoms with van der Waals surface area (Å²) in [4.78, 5) is 15.2. The lowest BCUT2D eigenvalue weighted by Gasteiger charge is -2.30. The van der Waals surface area contributed by atoms with E-state index in [-0.39, 0.29) is 4.90 Å². The minimum absolute atomic E-state index is 0.0929. The van der Waals surface area contributed by atoms with Crippen molar-refractivity contribution < 1.29 is 27.4 Å². The molecule has 9 nitrogen and oxygen atoms in total. The molecule has 1 amide bonds. The third-order valence-electron chi connectivity index (χ3n) is 6.19. The van der Waals surface area contributed by atoms with Gasteiger partial charge in [-0.1, -0.05) is 0 Å². The van der Waals surface area contributed by atoms with E-state index in [1.165, 1.54) is 20.3 Å². The number of hydrogen-bond donors (Lipinski definition) is 2. The highest BCUT2D eigenvalue weighted by molar-refractivity contribution is 7.92. The number of nitrogens with zero attached hydrogens (tertiary/aromatic N) is 1. The van der Waals surface area contributed by atoms with Crippen molar-refractivity contribution >= 4 is 33.0 Å². The van der Waals surface area contributed by atoms with Gasteiger partial charge in [0.15, 0.2) is 11.5 Å². The Morgan fingerprint density at radius 1 is 0.784 bits per heavy atom. The van der Waals surface area contributed by atoms with E-state index in [0.29, 0.717) is 39.9 Å². The van der Waals surface area contributed by atoms with E-state index in [2.05, 4.69) is 14.9 Å².